The van der Waals surface area contributed by atoms with Crippen LogP contribution in [0.5, 0.6) is 0 Å². The molecule has 1 aliphatic heterocycles. The van der Waals surface area contributed by atoms with Gasteiger partial charge in [0.2, 0.25) is 5.91 Å². The summed E-state index contributed by atoms with van der Waals surface area (Å²) in [5, 5.41) is 7.38. The molecule has 1 atom stereocenters. The van der Waals surface area contributed by atoms with Gasteiger partial charge in [-0.25, -0.2) is 4.79 Å². The summed E-state index contributed by atoms with van der Waals surface area (Å²) in [6.07, 6.45) is 0.341. The van der Waals surface area contributed by atoms with E-state index in [0.29, 0.717) is 12.1 Å². The number of imide groups is 1. The van der Waals surface area contributed by atoms with Gasteiger partial charge in [0, 0.05) is 19.0 Å². The standard InChI is InChI=1S/C12H13N3O3/c1-7(16)13-9-5-3-2-4-8(9)6-10-11(17)15-12(18)14-10/h2-5,10H,6H2,1H3,(H,13,16)(H2,14,15,17,18). The number of anilines is 1. The molecule has 1 heterocycles. The lowest BCUT2D eigenvalue weighted by Gasteiger charge is -2.12. The van der Waals surface area contributed by atoms with Crippen molar-refractivity contribution in [2.75, 3.05) is 5.32 Å². The highest BCUT2D eigenvalue weighted by Gasteiger charge is 2.29. The second-order valence-electron chi connectivity index (χ2n) is 4.06. The molecule has 1 aliphatic rings. The van der Waals surface area contributed by atoms with Crippen molar-refractivity contribution >= 4 is 23.5 Å². The summed E-state index contributed by atoms with van der Waals surface area (Å²) in [6.45, 7) is 1.42. The molecule has 0 spiro atoms. The van der Waals surface area contributed by atoms with E-state index in [1.54, 1.807) is 12.1 Å². The van der Waals surface area contributed by atoms with Crippen LogP contribution in [0.15, 0.2) is 24.3 Å². The topological polar surface area (TPSA) is 87.3 Å². The van der Waals surface area contributed by atoms with E-state index in [0.717, 1.165) is 5.56 Å². The quantitative estimate of drug-likeness (QED) is 0.675. The van der Waals surface area contributed by atoms with Gasteiger partial charge in [0.15, 0.2) is 0 Å². The fourth-order valence-electron chi connectivity index (χ4n) is 1.83. The van der Waals surface area contributed by atoms with Crippen LogP contribution >= 0.6 is 0 Å². The molecule has 0 bridgehead atoms. The van der Waals surface area contributed by atoms with E-state index in [-0.39, 0.29) is 11.8 Å². The summed E-state index contributed by atoms with van der Waals surface area (Å²) in [7, 11) is 0. The fourth-order valence-corrected chi connectivity index (χ4v) is 1.83. The van der Waals surface area contributed by atoms with E-state index in [1.807, 2.05) is 12.1 Å². The molecule has 0 aliphatic carbocycles. The first-order valence-corrected chi connectivity index (χ1v) is 5.53. The van der Waals surface area contributed by atoms with Crippen LogP contribution in [0.25, 0.3) is 0 Å². The van der Waals surface area contributed by atoms with E-state index in [2.05, 4.69) is 16.0 Å². The molecule has 6 nitrogen and oxygen atoms in total. The lowest BCUT2D eigenvalue weighted by molar-refractivity contribution is -0.120. The Kier molecular flexibility index (Phi) is 3.27. The van der Waals surface area contributed by atoms with Gasteiger partial charge in [-0.05, 0) is 11.6 Å². The fraction of sp³-hybridized carbons (Fsp3) is 0.250. The van der Waals surface area contributed by atoms with Crippen LogP contribution in [0.2, 0.25) is 0 Å². The molecular weight excluding hydrogens is 234 g/mol. The number of hydrogen-bond acceptors (Lipinski definition) is 3. The van der Waals surface area contributed by atoms with E-state index < -0.39 is 12.1 Å². The lowest BCUT2D eigenvalue weighted by Crippen LogP contribution is -2.31. The van der Waals surface area contributed by atoms with Gasteiger partial charge in [-0.1, -0.05) is 18.2 Å². The highest BCUT2D eigenvalue weighted by atomic mass is 16.2. The van der Waals surface area contributed by atoms with Crippen LogP contribution < -0.4 is 16.0 Å². The third-order valence-corrected chi connectivity index (χ3v) is 2.61. The first-order valence-electron chi connectivity index (χ1n) is 5.53. The van der Waals surface area contributed by atoms with Crippen LogP contribution in [0.1, 0.15) is 12.5 Å². The minimum atomic E-state index is -0.590. The van der Waals surface area contributed by atoms with Gasteiger partial charge >= 0.3 is 6.03 Å². The van der Waals surface area contributed by atoms with Crippen molar-refractivity contribution < 1.29 is 14.4 Å². The average molecular weight is 247 g/mol. The molecule has 0 radical (unpaired) electrons. The predicted octanol–water partition coefficient (Wildman–Crippen LogP) is 0.395. The number of para-hydroxylation sites is 1. The molecule has 1 unspecified atom stereocenters. The Morgan fingerprint density at radius 2 is 2.06 bits per heavy atom. The van der Waals surface area contributed by atoms with Crippen molar-refractivity contribution in [3.8, 4) is 0 Å². The van der Waals surface area contributed by atoms with Crippen LogP contribution in [-0.4, -0.2) is 23.9 Å². The van der Waals surface area contributed by atoms with Gasteiger partial charge in [0.1, 0.15) is 6.04 Å². The Morgan fingerprint density at radius 3 is 2.67 bits per heavy atom. The zero-order chi connectivity index (χ0) is 13.1. The highest BCUT2D eigenvalue weighted by Crippen LogP contribution is 2.17. The zero-order valence-corrected chi connectivity index (χ0v) is 9.82. The van der Waals surface area contributed by atoms with E-state index in [4.69, 9.17) is 0 Å². The van der Waals surface area contributed by atoms with Gasteiger partial charge in [-0.3, -0.25) is 14.9 Å². The molecule has 18 heavy (non-hydrogen) atoms. The highest BCUT2D eigenvalue weighted by molar-refractivity contribution is 6.04. The van der Waals surface area contributed by atoms with Crippen molar-refractivity contribution in [3.63, 3.8) is 0 Å². The normalized spacial score (nSPS) is 18.2. The number of urea groups is 1. The maximum absolute atomic E-state index is 11.4. The van der Waals surface area contributed by atoms with E-state index in [1.165, 1.54) is 6.92 Å². The molecule has 1 saturated heterocycles. The van der Waals surface area contributed by atoms with Crippen LogP contribution in [-0.2, 0) is 16.0 Å². The maximum atomic E-state index is 11.4. The lowest BCUT2D eigenvalue weighted by atomic mass is 10.0. The minimum absolute atomic E-state index is 0.178. The van der Waals surface area contributed by atoms with Crippen LogP contribution in [0.4, 0.5) is 10.5 Å². The minimum Gasteiger partial charge on any atom is -0.326 e. The van der Waals surface area contributed by atoms with Crippen molar-refractivity contribution in [3.05, 3.63) is 29.8 Å². The number of rotatable bonds is 3. The van der Waals surface area contributed by atoms with Crippen molar-refractivity contribution in [2.24, 2.45) is 0 Å². The van der Waals surface area contributed by atoms with Crippen LogP contribution in [0, 0.1) is 0 Å². The largest absolute Gasteiger partial charge is 0.326 e. The third kappa shape index (κ3) is 2.65. The first-order chi connectivity index (χ1) is 8.56. The SMILES string of the molecule is CC(=O)Nc1ccccc1CC1NC(=O)NC1=O. The van der Waals surface area contributed by atoms with Gasteiger partial charge in [0.05, 0.1) is 0 Å². The molecule has 2 rings (SSSR count). The summed E-state index contributed by atoms with van der Waals surface area (Å²) in [5.41, 5.74) is 1.45. The van der Waals surface area contributed by atoms with Crippen molar-refractivity contribution in [1.82, 2.24) is 10.6 Å². The van der Waals surface area contributed by atoms with E-state index in [9.17, 15) is 14.4 Å². The molecular formula is C12H13N3O3. The average Bonchev–Trinajstić information content (AvgIpc) is 2.59. The number of carbonyl (C=O) groups excluding carboxylic acids is 3. The van der Waals surface area contributed by atoms with Crippen LogP contribution in [0.3, 0.4) is 0 Å². The van der Waals surface area contributed by atoms with Gasteiger partial charge in [-0.15, -0.1) is 0 Å². The third-order valence-electron chi connectivity index (χ3n) is 2.61. The molecule has 4 amide bonds. The smallest absolute Gasteiger partial charge is 0.322 e. The number of hydrogen-bond donors (Lipinski definition) is 3. The molecule has 6 heteroatoms. The first kappa shape index (κ1) is 12.1. The number of benzene rings is 1. The molecule has 1 aromatic carbocycles. The summed E-state index contributed by atoms with van der Waals surface area (Å²) < 4.78 is 0. The van der Waals surface area contributed by atoms with Gasteiger partial charge < -0.3 is 10.6 Å². The molecule has 0 aromatic heterocycles. The molecule has 0 saturated carbocycles. The maximum Gasteiger partial charge on any atom is 0.322 e. The summed E-state index contributed by atoms with van der Waals surface area (Å²) in [4.78, 5) is 33.5. The molecule has 94 valence electrons. The predicted molar refractivity (Wildman–Crippen MR) is 64.9 cm³/mol. The number of nitrogens with one attached hydrogen (secondary N) is 3. The molecule has 1 fully saturated rings. The van der Waals surface area contributed by atoms with Gasteiger partial charge in [0.25, 0.3) is 5.91 Å². The summed E-state index contributed by atoms with van der Waals surface area (Å²) >= 11 is 0. The molecule has 3 N–H and O–H groups in total. The Hall–Kier alpha value is -2.37. The van der Waals surface area contributed by atoms with Gasteiger partial charge in [-0.2, -0.15) is 0 Å². The van der Waals surface area contributed by atoms with Crippen molar-refractivity contribution in [1.29, 1.82) is 0 Å². The Bertz CT molecular complexity index is 513. The second kappa shape index (κ2) is 4.87. The zero-order valence-electron chi connectivity index (χ0n) is 9.82. The Morgan fingerprint density at radius 1 is 1.33 bits per heavy atom. The van der Waals surface area contributed by atoms with Crippen molar-refractivity contribution in [2.45, 2.75) is 19.4 Å². The summed E-state index contributed by atoms with van der Waals surface area (Å²) in [5.74, 6) is -0.528. The monoisotopic (exact) mass is 247 g/mol. The Labute approximate surface area is 104 Å². The summed E-state index contributed by atoms with van der Waals surface area (Å²) in [6, 6.07) is 6.10. The number of carbonyl (C=O) groups is 3. The van der Waals surface area contributed by atoms with E-state index >= 15 is 0 Å². The number of amides is 4. The molecule has 1 aromatic rings. The second-order valence-corrected chi connectivity index (χ2v) is 4.06. The Balaban J connectivity index is 2.16.